The zero-order valence-electron chi connectivity index (χ0n) is 8.91. The summed E-state index contributed by atoms with van der Waals surface area (Å²) in [6.45, 7) is 3.79. The zero-order chi connectivity index (χ0) is 12.3. The third-order valence-electron chi connectivity index (χ3n) is 2.07. The zero-order valence-corrected chi connectivity index (χ0v) is 11.2. The Labute approximate surface area is 105 Å². The molecule has 0 amide bonds. The second-order valence-corrected chi connectivity index (χ2v) is 6.34. The third kappa shape index (κ3) is 3.54. The first-order valence-corrected chi connectivity index (χ1v) is 7.44. The standard InChI is InChI=1S/C10H12Cl2O3S/c1-3-7(2)15-9-5-4-8(11)6-10(9)16(12,13)14/h4-7H,3H2,1-2H3. The number of halogens is 2. The highest BCUT2D eigenvalue weighted by molar-refractivity contribution is 8.13. The van der Waals surface area contributed by atoms with Crippen LogP contribution in [-0.4, -0.2) is 14.5 Å². The number of hydrogen-bond donors (Lipinski definition) is 0. The van der Waals surface area contributed by atoms with Crippen molar-refractivity contribution in [3.63, 3.8) is 0 Å². The van der Waals surface area contributed by atoms with Crippen LogP contribution in [0.5, 0.6) is 5.75 Å². The summed E-state index contributed by atoms with van der Waals surface area (Å²) >= 11 is 5.71. The molecule has 6 heteroatoms. The molecule has 0 aliphatic heterocycles. The molecule has 1 rings (SSSR count). The minimum atomic E-state index is -3.85. The number of ether oxygens (including phenoxy) is 1. The second kappa shape index (κ2) is 5.25. The second-order valence-electron chi connectivity index (χ2n) is 3.37. The fraction of sp³-hybridized carbons (Fsp3) is 0.400. The summed E-state index contributed by atoms with van der Waals surface area (Å²) in [5.41, 5.74) is 0. The topological polar surface area (TPSA) is 43.4 Å². The van der Waals surface area contributed by atoms with Crippen LogP contribution in [0.1, 0.15) is 20.3 Å². The van der Waals surface area contributed by atoms with Crippen molar-refractivity contribution in [2.24, 2.45) is 0 Å². The quantitative estimate of drug-likeness (QED) is 0.795. The lowest BCUT2D eigenvalue weighted by Gasteiger charge is -2.14. The van der Waals surface area contributed by atoms with Gasteiger partial charge in [0.15, 0.2) is 0 Å². The molecular formula is C10H12Cl2O3S. The lowest BCUT2D eigenvalue weighted by molar-refractivity contribution is 0.212. The van der Waals surface area contributed by atoms with Crippen molar-refractivity contribution in [3.8, 4) is 5.75 Å². The van der Waals surface area contributed by atoms with Crippen LogP contribution in [0.15, 0.2) is 23.1 Å². The molecular weight excluding hydrogens is 271 g/mol. The van der Waals surface area contributed by atoms with Gasteiger partial charge in [-0.2, -0.15) is 0 Å². The normalized spacial score (nSPS) is 13.5. The van der Waals surface area contributed by atoms with E-state index in [9.17, 15) is 8.42 Å². The van der Waals surface area contributed by atoms with Gasteiger partial charge in [-0.15, -0.1) is 0 Å². The average Bonchev–Trinajstić information content (AvgIpc) is 2.19. The van der Waals surface area contributed by atoms with Crippen molar-refractivity contribution in [2.45, 2.75) is 31.3 Å². The first kappa shape index (κ1) is 13.6. The van der Waals surface area contributed by atoms with Crippen LogP contribution in [-0.2, 0) is 9.05 Å². The fourth-order valence-electron chi connectivity index (χ4n) is 1.07. The van der Waals surface area contributed by atoms with E-state index in [0.717, 1.165) is 6.42 Å². The minimum Gasteiger partial charge on any atom is -0.489 e. The third-order valence-corrected chi connectivity index (χ3v) is 3.65. The van der Waals surface area contributed by atoms with E-state index in [1.54, 1.807) is 6.07 Å². The molecule has 0 saturated heterocycles. The van der Waals surface area contributed by atoms with Gasteiger partial charge < -0.3 is 4.74 Å². The number of rotatable bonds is 4. The van der Waals surface area contributed by atoms with Gasteiger partial charge in [0.2, 0.25) is 0 Å². The van der Waals surface area contributed by atoms with Gasteiger partial charge in [-0.3, -0.25) is 0 Å². The Bertz CT molecular complexity index is 471. The SMILES string of the molecule is CCC(C)Oc1ccc(Cl)cc1S(=O)(=O)Cl. The van der Waals surface area contributed by atoms with E-state index in [1.807, 2.05) is 13.8 Å². The molecule has 1 unspecified atom stereocenters. The summed E-state index contributed by atoms with van der Waals surface area (Å²) in [5, 5.41) is 0.302. The Kier molecular flexibility index (Phi) is 4.47. The van der Waals surface area contributed by atoms with Gasteiger partial charge in [0, 0.05) is 15.7 Å². The van der Waals surface area contributed by atoms with Crippen LogP contribution in [0.2, 0.25) is 5.02 Å². The molecule has 3 nitrogen and oxygen atoms in total. The molecule has 1 aromatic rings. The van der Waals surface area contributed by atoms with Crippen LogP contribution in [0.25, 0.3) is 0 Å². The lowest BCUT2D eigenvalue weighted by atomic mass is 10.3. The highest BCUT2D eigenvalue weighted by Gasteiger charge is 2.18. The van der Waals surface area contributed by atoms with Gasteiger partial charge in [-0.05, 0) is 31.5 Å². The monoisotopic (exact) mass is 282 g/mol. The predicted octanol–water partition coefficient (Wildman–Crippen LogP) is 3.44. The maximum atomic E-state index is 11.3. The van der Waals surface area contributed by atoms with Crippen molar-refractivity contribution in [2.75, 3.05) is 0 Å². The fourth-order valence-corrected chi connectivity index (χ4v) is 2.29. The number of benzene rings is 1. The summed E-state index contributed by atoms with van der Waals surface area (Å²) in [6, 6.07) is 4.34. The molecule has 1 atom stereocenters. The Morgan fingerprint density at radius 3 is 2.56 bits per heavy atom. The summed E-state index contributed by atoms with van der Waals surface area (Å²) in [4.78, 5) is -0.0954. The molecule has 0 aliphatic rings. The average molecular weight is 283 g/mol. The van der Waals surface area contributed by atoms with Gasteiger partial charge in [-0.1, -0.05) is 18.5 Å². The first-order valence-electron chi connectivity index (χ1n) is 4.75. The van der Waals surface area contributed by atoms with Gasteiger partial charge in [-0.25, -0.2) is 8.42 Å². The molecule has 1 aromatic carbocycles. The summed E-state index contributed by atoms with van der Waals surface area (Å²) in [5.74, 6) is 0.230. The minimum absolute atomic E-state index is 0.0849. The largest absolute Gasteiger partial charge is 0.489 e. The summed E-state index contributed by atoms with van der Waals surface area (Å²) < 4.78 is 28.1. The van der Waals surface area contributed by atoms with Crippen LogP contribution in [0.4, 0.5) is 0 Å². The van der Waals surface area contributed by atoms with Gasteiger partial charge in [0.05, 0.1) is 6.10 Å². The Morgan fingerprint density at radius 2 is 2.06 bits per heavy atom. The van der Waals surface area contributed by atoms with Crippen molar-refractivity contribution in [3.05, 3.63) is 23.2 Å². The van der Waals surface area contributed by atoms with E-state index in [-0.39, 0.29) is 16.7 Å². The van der Waals surface area contributed by atoms with Crippen LogP contribution in [0, 0.1) is 0 Å². The molecule has 0 N–H and O–H groups in total. The predicted molar refractivity (Wildman–Crippen MR) is 64.9 cm³/mol. The van der Waals surface area contributed by atoms with Crippen molar-refractivity contribution in [1.29, 1.82) is 0 Å². The van der Waals surface area contributed by atoms with Crippen molar-refractivity contribution >= 4 is 31.3 Å². The van der Waals surface area contributed by atoms with E-state index >= 15 is 0 Å². The molecule has 16 heavy (non-hydrogen) atoms. The first-order chi connectivity index (χ1) is 7.34. The van der Waals surface area contributed by atoms with E-state index in [1.165, 1.54) is 12.1 Å². The summed E-state index contributed by atoms with van der Waals surface area (Å²) in [7, 11) is 1.45. The highest BCUT2D eigenvalue weighted by Crippen LogP contribution is 2.30. The summed E-state index contributed by atoms with van der Waals surface area (Å²) in [6.07, 6.45) is 0.683. The molecule has 90 valence electrons. The van der Waals surface area contributed by atoms with Gasteiger partial charge >= 0.3 is 0 Å². The van der Waals surface area contributed by atoms with Crippen LogP contribution in [0.3, 0.4) is 0 Å². The molecule has 0 saturated carbocycles. The van der Waals surface area contributed by atoms with Crippen LogP contribution < -0.4 is 4.74 Å². The molecule has 0 aliphatic carbocycles. The van der Waals surface area contributed by atoms with E-state index in [2.05, 4.69) is 0 Å². The Hall–Kier alpha value is -0.450. The van der Waals surface area contributed by atoms with Crippen molar-refractivity contribution < 1.29 is 13.2 Å². The lowest BCUT2D eigenvalue weighted by Crippen LogP contribution is -2.11. The molecule has 0 bridgehead atoms. The highest BCUT2D eigenvalue weighted by atomic mass is 35.7. The Balaban J connectivity index is 3.19. The molecule has 0 heterocycles. The van der Waals surface area contributed by atoms with Gasteiger partial charge in [0.1, 0.15) is 10.6 Å². The van der Waals surface area contributed by atoms with Gasteiger partial charge in [0.25, 0.3) is 9.05 Å². The van der Waals surface area contributed by atoms with E-state index in [4.69, 9.17) is 27.0 Å². The molecule has 0 aromatic heterocycles. The van der Waals surface area contributed by atoms with Crippen LogP contribution >= 0.6 is 22.3 Å². The maximum absolute atomic E-state index is 11.3. The van der Waals surface area contributed by atoms with E-state index in [0.29, 0.717) is 5.02 Å². The van der Waals surface area contributed by atoms with Crippen molar-refractivity contribution in [1.82, 2.24) is 0 Å². The smallest absolute Gasteiger partial charge is 0.265 e. The Morgan fingerprint density at radius 1 is 1.44 bits per heavy atom. The molecule has 0 radical (unpaired) electrons. The molecule has 0 fully saturated rings. The van der Waals surface area contributed by atoms with E-state index < -0.39 is 9.05 Å². The maximum Gasteiger partial charge on any atom is 0.265 e. The molecule has 0 spiro atoms. The number of hydrogen-bond acceptors (Lipinski definition) is 3.